The standard InChI is InChI=1S/C6H3FN4O8.2Na.2H/c7-8-1-2(9(14)15)5(12)4(11(18)19)6(13)3(1)10(16)17;;;;/h8,12-13H;;;;. The second-order valence-corrected chi connectivity index (χ2v) is 2.98. The summed E-state index contributed by atoms with van der Waals surface area (Å²) in [6, 6.07) is 0. The molecule has 3 N–H and O–H groups in total. The van der Waals surface area contributed by atoms with Crippen LogP contribution < -0.4 is 5.54 Å². The van der Waals surface area contributed by atoms with Crippen LogP contribution in [0.15, 0.2) is 0 Å². The molecule has 106 valence electrons. The molecule has 0 fully saturated rings. The molecule has 0 bridgehead atoms. The number of phenolic OH excluding ortho intramolecular Hbond substituents is 2. The second kappa shape index (κ2) is 8.26. The van der Waals surface area contributed by atoms with Gasteiger partial charge in [-0.25, -0.2) is 5.54 Å². The summed E-state index contributed by atoms with van der Waals surface area (Å²) >= 11 is 0. The summed E-state index contributed by atoms with van der Waals surface area (Å²) in [6.45, 7) is 0. The van der Waals surface area contributed by atoms with E-state index in [9.17, 15) is 45.0 Å². The Morgan fingerprint density at radius 3 is 1.29 bits per heavy atom. The van der Waals surface area contributed by atoms with Crippen molar-refractivity contribution in [2.75, 3.05) is 5.54 Å². The van der Waals surface area contributed by atoms with Crippen molar-refractivity contribution in [2.24, 2.45) is 0 Å². The molecule has 0 atom stereocenters. The first-order valence-corrected chi connectivity index (χ1v) is 4.15. The molecule has 1 aromatic carbocycles. The van der Waals surface area contributed by atoms with Crippen LogP contribution in [0.2, 0.25) is 0 Å². The molecule has 0 saturated carbocycles. The fourth-order valence-corrected chi connectivity index (χ4v) is 1.30. The molecule has 0 aliphatic rings. The Balaban J connectivity index is 0. The Bertz CT molecular complexity index is 570. The molecule has 0 amide bonds. The number of hydrogen-bond donors (Lipinski definition) is 3. The third-order valence-corrected chi connectivity index (χ3v) is 2.01. The molecule has 0 spiro atoms. The van der Waals surface area contributed by atoms with E-state index in [1.807, 2.05) is 0 Å². The van der Waals surface area contributed by atoms with Crippen molar-refractivity contribution >= 4 is 81.9 Å². The number of nitro benzene ring substituents is 3. The van der Waals surface area contributed by atoms with Crippen LogP contribution in [-0.4, -0.2) is 84.1 Å². The van der Waals surface area contributed by atoms with Gasteiger partial charge in [0.1, 0.15) is 0 Å². The van der Waals surface area contributed by atoms with Crippen molar-refractivity contribution in [3.8, 4) is 11.5 Å². The van der Waals surface area contributed by atoms with Gasteiger partial charge < -0.3 is 10.2 Å². The molecule has 12 nitrogen and oxygen atoms in total. The van der Waals surface area contributed by atoms with Crippen LogP contribution in [0.3, 0.4) is 0 Å². The SMILES string of the molecule is O=[N+]([O-])c1c(O)c([N+](=O)[O-])c(NF)c([N+](=O)[O-])c1O.[NaH].[NaH]. The molecule has 1 rings (SSSR count). The fraction of sp³-hybridized carbons (Fsp3) is 0. The number of hydrogen-bond acceptors (Lipinski definition) is 9. The third kappa shape index (κ3) is 3.90. The number of benzene rings is 1. The number of anilines is 1. The fourth-order valence-electron chi connectivity index (χ4n) is 1.30. The zero-order chi connectivity index (χ0) is 14.9. The van der Waals surface area contributed by atoms with E-state index in [1.165, 1.54) is 0 Å². The Kier molecular flexibility index (Phi) is 8.66. The van der Waals surface area contributed by atoms with E-state index in [0.29, 0.717) is 5.54 Å². The van der Waals surface area contributed by atoms with Gasteiger partial charge in [0.05, 0.1) is 14.8 Å². The molecule has 1 aromatic rings. The van der Waals surface area contributed by atoms with Gasteiger partial charge >= 0.3 is 76.2 Å². The quantitative estimate of drug-likeness (QED) is 0.292. The number of nitrogens with one attached hydrogen (secondary N) is 1. The van der Waals surface area contributed by atoms with Gasteiger partial charge in [-0.1, -0.05) is 0 Å². The molecule has 0 aliphatic heterocycles. The van der Waals surface area contributed by atoms with Crippen LogP contribution in [0.4, 0.5) is 27.2 Å². The van der Waals surface area contributed by atoms with Gasteiger partial charge in [-0.15, -0.1) is 4.48 Å². The van der Waals surface area contributed by atoms with Gasteiger partial charge in [0, 0.05) is 0 Å². The van der Waals surface area contributed by atoms with Crippen LogP contribution in [0.1, 0.15) is 0 Å². The molecule has 0 saturated heterocycles. The monoisotopic (exact) mass is 326 g/mol. The van der Waals surface area contributed by atoms with Gasteiger partial charge in [-0.3, -0.25) is 30.3 Å². The summed E-state index contributed by atoms with van der Waals surface area (Å²) in [5.74, 6) is -3.42. The summed E-state index contributed by atoms with van der Waals surface area (Å²) in [5.41, 5.74) is -5.90. The Labute approximate surface area is 157 Å². The minimum absolute atomic E-state index is 0. The van der Waals surface area contributed by atoms with Gasteiger partial charge in [-0.05, 0) is 0 Å². The van der Waals surface area contributed by atoms with E-state index in [2.05, 4.69) is 0 Å². The van der Waals surface area contributed by atoms with Crippen molar-refractivity contribution in [3.63, 3.8) is 0 Å². The second-order valence-electron chi connectivity index (χ2n) is 2.98. The van der Waals surface area contributed by atoms with Crippen molar-refractivity contribution in [1.82, 2.24) is 0 Å². The topological polar surface area (TPSA) is 182 Å². The van der Waals surface area contributed by atoms with Crippen molar-refractivity contribution in [1.29, 1.82) is 0 Å². The predicted octanol–water partition coefficient (Wildman–Crippen LogP) is -0.178. The summed E-state index contributed by atoms with van der Waals surface area (Å²) in [4.78, 5) is 27.2. The number of halogens is 1. The van der Waals surface area contributed by atoms with E-state index < -0.39 is 49.0 Å². The first-order valence-electron chi connectivity index (χ1n) is 4.15. The molecule has 15 heteroatoms. The third-order valence-electron chi connectivity index (χ3n) is 2.01. The molecule has 21 heavy (non-hydrogen) atoms. The van der Waals surface area contributed by atoms with E-state index in [0.717, 1.165) is 0 Å². The molecular weight excluding hydrogens is 321 g/mol. The average Bonchev–Trinajstić information content (AvgIpc) is 2.25. The molecular formula is C6H5FN4Na2O8. The minimum atomic E-state index is -1.71. The first kappa shape index (κ1) is 22.0. The van der Waals surface area contributed by atoms with Gasteiger partial charge in [-0.2, -0.15) is 0 Å². The van der Waals surface area contributed by atoms with E-state index in [-0.39, 0.29) is 59.1 Å². The summed E-state index contributed by atoms with van der Waals surface area (Å²) in [5, 5.41) is 50.2. The number of nitro groups is 3. The van der Waals surface area contributed by atoms with Crippen LogP contribution in [0, 0.1) is 30.3 Å². The van der Waals surface area contributed by atoms with Gasteiger partial charge in [0.15, 0.2) is 0 Å². The van der Waals surface area contributed by atoms with Crippen molar-refractivity contribution < 1.29 is 29.5 Å². The molecule has 0 unspecified atom stereocenters. The molecule has 0 aromatic heterocycles. The van der Waals surface area contributed by atoms with E-state index in [1.54, 1.807) is 0 Å². The van der Waals surface area contributed by atoms with Crippen LogP contribution >= 0.6 is 0 Å². The summed E-state index contributed by atoms with van der Waals surface area (Å²) in [7, 11) is 0. The molecule has 0 aliphatic carbocycles. The maximum atomic E-state index is 12.4. The Morgan fingerprint density at radius 1 is 0.810 bits per heavy atom. The van der Waals surface area contributed by atoms with Gasteiger partial charge in [0.2, 0.25) is 5.69 Å². The number of phenols is 2. The average molecular weight is 326 g/mol. The zero-order valence-corrected chi connectivity index (χ0v) is 8.56. The van der Waals surface area contributed by atoms with Gasteiger partial charge in [0.25, 0.3) is 11.5 Å². The molecule has 0 heterocycles. The maximum absolute atomic E-state index is 12.4. The van der Waals surface area contributed by atoms with Crippen LogP contribution in [0.5, 0.6) is 11.5 Å². The summed E-state index contributed by atoms with van der Waals surface area (Å²) < 4.78 is 12.4. The van der Waals surface area contributed by atoms with Crippen LogP contribution in [0.25, 0.3) is 0 Å². The normalized spacial score (nSPS) is 9.00. The van der Waals surface area contributed by atoms with Crippen molar-refractivity contribution in [2.45, 2.75) is 0 Å². The number of rotatable bonds is 4. The molecule has 0 radical (unpaired) electrons. The van der Waals surface area contributed by atoms with E-state index in [4.69, 9.17) is 0 Å². The zero-order valence-electron chi connectivity index (χ0n) is 8.56. The van der Waals surface area contributed by atoms with E-state index >= 15 is 0 Å². The number of aromatic hydroxyl groups is 2. The van der Waals surface area contributed by atoms with Crippen LogP contribution in [-0.2, 0) is 0 Å². The Hall–Kier alpha value is -1.25. The predicted molar refractivity (Wildman–Crippen MR) is 68.8 cm³/mol. The number of nitrogens with zero attached hydrogens (tertiary/aromatic N) is 3. The first-order chi connectivity index (χ1) is 8.73. The Morgan fingerprint density at radius 2 is 1.10 bits per heavy atom. The summed E-state index contributed by atoms with van der Waals surface area (Å²) in [6.07, 6.45) is 0. The van der Waals surface area contributed by atoms with Crippen molar-refractivity contribution in [3.05, 3.63) is 30.3 Å².